The maximum absolute atomic E-state index is 8.44. The van der Waals surface area contributed by atoms with Crippen LogP contribution in [0.3, 0.4) is 0 Å². The highest BCUT2D eigenvalue weighted by atomic mass is 14.9. The van der Waals surface area contributed by atoms with E-state index in [1.54, 1.807) is 43.0 Å². The van der Waals surface area contributed by atoms with E-state index < -0.39 is 0 Å². The molecule has 0 aromatic carbocycles. The van der Waals surface area contributed by atoms with E-state index >= 15 is 0 Å². The zero-order chi connectivity index (χ0) is 9.52. The summed E-state index contributed by atoms with van der Waals surface area (Å²) in [4.78, 5) is 3.84. The molecule has 0 atom stereocenters. The zero-order valence-corrected chi connectivity index (χ0v) is 6.88. The average molecular weight is 171 g/mol. The minimum Gasteiger partial charge on any atom is -0.252 e. The van der Waals surface area contributed by atoms with Gasteiger partial charge in [0.1, 0.15) is 17.7 Å². The molecule has 0 aliphatic heterocycles. The van der Waals surface area contributed by atoms with Gasteiger partial charge in [-0.3, -0.25) is 4.98 Å². The van der Waals surface area contributed by atoms with Gasteiger partial charge in [-0.05, 0) is 0 Å². The van der Waals surface area contributed by atoms with Crippen LogP contribution >= 0.6 is 0 Å². The second-order valence-electron chi connectivity index (χ2n) is 2.28. The molecule has 0 aliphatic carbocycles. The van der Waals surface area contributed by atoms with Crippen LogP contribution in [0.2, 0.25) is 0 Å². The van der Waals surface area contributed by atoms with Crippen LogP contribution in [0.25, 0.3) is 0 Å². The molecule has 0 aliphatic rings. The molecule has 13 heavy (non-hydrogen) atoms. The molecule has 1 aromatic rings. The van der Waals surface area contributed by atoms with Crippen molar-refractivity contribution in [1.82, 2.24) is 4.98 Å². The lowest BCUT2D eigenvalue weighted by molar-refractivity contribution is -0.687. The van der Waals surface area contributed by atoms with Crippen LogP contribution in [0.1, 0.15) is 0 Å². The third-order valence-electron chi connectivity index (χ3n) is 1.44. The molecule has 1 aromatic heterocycles. The Kier molecular flexibility index (Phi) is 3.17. The number of allylic oxidation sites excluding steroid dienone is 2. The van der Waals surface area contributed by atoms with E-state index in [0.717, 1.165) is 0 Å². The molecular formula is C9H7N4+. The molecule has 0 saturated heterocycles. The maximum atomic E-state index is 8.44. The van der Waals surface area contributed by atoms with Crippen molar-refractivity contribution in [3.8, 4) is 12.1 Å². The van der Waals surface area contributed by atoms with E-state index in [4.69, 9.17) is 10.5 Å². The van der Waals surface area contributed by atoms with E-state index in [-0.39, 0.29) is 5.57 Å². The average Bonchev–Trinajstić information content (AvgIpc) is 2.21. The van der Waals surface area contributed by atoms with Crippen LogP contribution in [-0.4, -0.2) is 4.98 Å². The molecule has 62 valence electrons. The Hall–Kier alpha value is -2.20. The molecule has 1 rings (SSSR count). The van der Waals surface area contributed by atoms with Crippen molar-refractivity contribution < 1.29 is 4.57 Å². The molecule has 0 amide bonds. The number of rotatable bonds is 2. The molecule has 0 bridgehead atoms. The molecule has 4 heteroatoms. The first kappa shape index (κ1) is 8.89. The minimum absolute atomic E-state index is 0.129. The van der Waals surface area contributed by atoms with Gasteiger partial charge < -0.3 is 0 Å². The summed E-state index contributed by atoms with van der Waals surface area (Å²) in [6.07, 6.45) is 8.39. The van der Waals surface area contributed by atoms with E-state index in [1.165, 1.54) is 0 Å². The summed E-state index contributed by atoms with van der Waals surface area (Å²) in [6.45, 7) is 0.513. The van der Waals surface area contributed by atoms with Crippen molar-refractivity contribution in [3.05, 3.63) is 36.4 Å². The van der Waals surface area contributed by atoms with Crippen LogP contribution in [0.15, 0.2) is 36.4 Å². The Morgan fingerprint density at radius 3 is 2.46 bits per heavy atom. The Balaban J connectivity index is 2.69. The topological polar surface area (TPSA) is 64.3 Å². The normalized spacial score (nSPS) is 8.15. The molecule has 0 N–H and O–H groups in total. The third kappa shape index (κ3) is 2.72. The molecular weight excluding hydrogens is 164 g/mol. The second kappa shape index (κ2) is 4.63. The fraction of sp³-hybridized carbons (Fsp3) is 0.111. The molecule has 0 unspecified atom stereocenters. The zero-order valence-electron chi connectivity index (χ0n) is 6.88. The van der Waals surface area contributed by atoms with Gasteiger partial charge in [-0.15, -0.1) is 0 Å². The third-order valence-corrected chi connectivity index (χ3v) is 1.44. The number of aromatic nitrogens is 2. The summed E-state index contributed by atoms with van der Waals surface area (Å²) in [7, 11) is 0. The van der Waals surface area contributed by atoms with Crippen molar-refractivity contribution in [3.63, 3.8) is 0 Å². The Bertz CT molecular complexity index is 364. The van der Waals surface area contributed by atoms with Gasteiger partial charge >= 0.3 is 0 Å². The predicted molar refractivity (Wildman–Crippen MR) is 43.7 cm³/mol. The summed E-state index contributed by atoms with van der Waals surface area (Å²) < 4.78 is 1.82. The fourth-order valence-electron chi connectivity index (χ4n) is 0.782. The van der Waals surface area contributed by atoms with Gasteiger partial charge in [-0.25, -0.2) is 0 Å². The van der Waals surface area contributed by atoms with Crippen molar-refractivity contribution in [1.29, 1.82) is 10.5 Å². The number of nitriles is 2. The lowest BCUT2D eigenvalue weighted by atomic mass is 10.3. The van der Waals surface area contributed by atoms with Crippen LogP contribution in [0.4, 0.5) is 0 Å². The van der Waals surface area contributed by atoms with E-state index in [9.17, 15) is 0 Å². The van der Waals surface area contributed by atoms with Gasteiger partial charge in [0, 0.05) is 6.08 Å². The van der Waals surface area contributed by atoms with Gasteiger partial charge in [0.15, 0.2) is 18.9 Å². The van der Waals surface area contributed by atoms with Gasteiger partial charge in [0.25, 0.3) is 0 Å². The first-order valence-electron chi connectivity index (χ1n) is 3.66. The summed E-state index contributed by atoms with van der Waals surface area (Å²) in [5.74, 6) is 0. The van der Waals surface area contributed by atoms with Crippen molar-refractivity contribution >= 4 is 0 Å². The summed E-state index contributed by atoms with van der Waals surface area (Å²) >= 11 is 0. The number of hydrogen-bond donors (Lipinski definition) is 0. The minimum atomic E-state index is 0.129. The molecule has 1 heterocycles. The summed E-state index contributed by atoms with van der Waals surface area (Å²) in [5, 5.41) is 16.9. The predicted octanol–water partition coefficient (Wildman–Crippen LogP) is 0.343. The fourth-order valence-corrected chi connectivity index (χ4v) is 0.782. The summed E-state index contributed by atoms with van der Waals surface area (Å²) in [6, 6.07) is 3.59. The van der Waals surface area contributed by atoms with Gasteiger partial charge in [0.2, 0.25) is 0 Å². The van der Waals surface area contributed by atoms with E-state index in [2.05, 4.69) is 4.98 Å². The van der Waals surface area contributed by atoms with Crippen LogP contribution < -0.4 is 4.57 Å². The number of nitrogens with zero attached hydrogens (tertiary/aromatic N) is 4. The highest BCUT2D eigenvalue weighted by Gasteiger charge is 1.96. The highest BCUT2D eigenvalue weighted by Crippen LogP contribution is 1.87. The van der Waals surface area contributed by atoms with E-state index in [1.807, 2.05) is 4.57 Å². The standard InChI is InChI=1S/C9H7N4/c10-7-9(8-11)1-4-13-5-2-12-3-6-13/h1-3,5-6H,4H2/q+1. The van der Waals surface area contributed by atoms with Crippen molar-refractivity contribution in [2.45, 2.75) is 6.54 Å². The molecule has 0 saturated carbocycles. The van der Waals surface area contributed by atoms with Crippen LogP contribution in [0, 0.1) is 22.7 Å². The monoisotopic (exact) mass is 171 g/mol. The number of hydrogen-bond acceptors (Lipinski definition) is 3. The lowest BCUT2D eigenvalue weighted by Crippen LogP contribution is -2.31. The highest BCUT2D eigenvalue weighted by molar-refractivity contribution is 5.34. The van der Waals surface area contributed by atoms with Crippen LogP contribution in [-0.2, 0) is 6.54 Å². The Morgan fingerprint density at radius 2 is 1.92 bits per heavy atom. The smallest absolute Gasteiger partial charge is 0.187 e. The van der Waals surface area contributed by atoms with Gasteiger partial charge in [0.05, 0.1) is 12.4 Å². The molecule has 0 radical (unpaired) electrons. The molecule has 0 fully saturated rings. The SMILES string of the molecule is N#CC(C#N)=CC[n+]1ccncc1. The van der Waals surface area contributed by atoms with E-state index in [0.29, 0.717) is 6.54 Å². The second-order valence-corrected chi connectivity index (χ2v) is 2.28. The van der Waals surface area contributed by atoms with Crippen molar-refractivity contribution in [2.75, 3.05) is 0 Å². The first-order chi connectivity index (χ1) is 6.36. The lowest BCUT2D eigenvalue weighted by Gasteiger charge is -1.87. The molecule has 4 nitrogen and oxygen atoms in total. The Labute approximate surface area is 76.0 Å². The van der Waals surface area contributed by atoms with Crippen LogP contribution in [0.5, 0.6) is 0 Å². The summed E-state index contributed by atoms with van der Waals surface area (Å²) in [5.41, 5.74) is 0.129. The van der Waals surface area contributed by atoms with Crippen molar-refractivity contribution in [2.24, 2.45) is 0 Å². The largest absolute Gasteiger partial charge is 0.252 e. The van der Waals surface area contributed by atoms with Gasteiger partial charge in [-0.2, -0.15) is 15.1 Å². The first-order valence-corrected chi connectivity index (χ1v) is 3.66. The Morgan fingerprint density at radius 1 is 1.31 bits per heavy atom. The maximum Gasteiger partial charge on any atom is 0.187 e. The molecule has 0 spiro atoms. The van der Waals surface area contributed by atoms with Gasteiger partial charge in [-0.1, -0.05) is 0 Å². The quantitative estimate of drug-likeness (QED) is 0.476.